The molecule has 0 saturated heterocycles. The largest absolute Gasteiger partial charge is 0.466 e. The summed E-state index contributed by atoms with van der Waals surface area (Å²) >= 11 is 0. The quantitative estimate of drug-likeness (QED) is 0.795. The van der Waals surface area contributed by atoms with Crippen molar-refractivity contribution in [3.63, 3.8) is 0 Å². The summed E-state index contributed by atoms with van der Waals surface area (Å²) in [6.45, 7) is 6.38. The number of nitrogens with two attached hydrogens (primary N) is 1. The van der Waals surface area contributed by atoms with Gasteiger partial charge < -0.3 is 10.5 Å². The van der Waals surface area contributed by atoms with Crippen molar-refractivity contribution < 1.29 is 9.53 Å². The Morgan fingerprint density at radius 3 is 2.71 bits per heavy atom. The van der Waals surface area contributed by atoms with Crippen LogP contribution in [0, 0.1) is 19.8 Å². The van der Waals surface area contributed by atoms with Gasteiger partial charge in [-0.15, -0.1) is 0 Å². The van der Waals surface area contributed by atoms with Gasteiger partial charge >= 0.3 is 5.97 Å². The standard InChI is InChI=1S/C14H19NO2/c1-4-17-14(16)12-7-10-5-8(2)9(3)6-11(10)13(12)15/h5-6,12-13H,4,7,15H2,1-3H3. The lowest BCUT2D eigenvalue weighted by molar-refractivity contribution is -0.148. The highest BCUT2D eigenvalue weighted by Crippen LogP contribution is 2.36. The van der Waals surface area contributed by atoms with Crippen LogP contribution in [0.2, 0.25) is 0 Å². The minimum Gasteiger partial charge on any atom is -0.466 e. The van der Waals surface area contributed by atoms with Gasteiger partial charge in [-0.25, -0.2) is 0 Å². The topological polar surface area (TPSA) is 52.3 Å². The van der Waals surface area contributed by atoms with Gasteiger partial charge in [0.05, 0.1) is 12.5 Å². The number of carbonyl (C=O) groups is 1. The minimum absolute atomic E-state index is 0.175. The first-order valence-corrected chi connectivity index (χ1v) is 6.06. The molecule has 3 nitrogen and oxygen atoms in total. The minimum atomic E-state index is -0.219. The molecule has 3 heteroatoms. The van der Waals surface area contributed by atoms with Gasteiger partial charge in [-0.05, 0) is 49.4 Å². The Balaban J connectivity index is 2.29. The maximum absolute atomic E-state index is 11.8. The number of ether oxygens (including phenoxy) is 1. The fourth-order valence-corrected chi connectivity index (χ4v) is 2.45. The Kier molecular flexibility index (Phi) is 3.20. The number of hydrogen-bond donors (Lipinski definition) is 1. The second kappa shape index (κ2) is 4.49. The number of carbonyl (C=O) groups excluding carboxylic acids is 1. The summed E-state index contributed by atoms with van der Waals surface area (Å²) in [5.41, 5.74) is 10.9. The van der Waals surface area contributed by atoms with Crippen LogP contribution in [0.5, 0.6) is 0 Å². The van der Waals surface area contributed by atoms with Gasteiger partial charge in [0.1, 0.15) is 0 Å². The fraction of sp³-hybridized carbons (Fsp3) is 0.500. The van der Waals surface area contributed by atoms with Gasteiger partial charge in [-0.1, -0.05) is 12.1 Å². The molecule has 1 aliphatic rings. The van der Waals surface area contributed by atoms with Crippen LogP contribution in [-0.2, 0) is 16.0 Å². The number of benzene rings is 1. The second-order valence-corrected chi connectivity index (χ2v) is 4.72. The number of esters is 1. The van der Waals surface area contributed by atoms with Gasteiger partial charge in [-0.3, -0.25) is 4.79 Å². The predicted octanol–water partition coefficient (Wildman–Crippen LogP) is 2.04. The number of fused-ring (bicyclic) bond motifs is 1. The van der Waals surface area contributed by atoms with E-state index in [-0.39, 0.29) is 17.9 Å². The first-order chi connectivity index (χ1) is 8.04. The average Bonchev–Trinajstić information content (AvgIpc) is 2.58. The molecule has 0 fully saturated rings. The smallest absolute Gasteiger partial charge is 0.311 e. The van der Waals surface area contributed by atoms with Crippen molar-refractivity contribution in [2.75, 3.05) is 6.61 Å². The normalized spacial score (nSPS) is 22.4. The summed E-state index contributed by atoms with van der Waals surface area (Å²) in [5.74, 6) is -0.391. The highest BCUT2D eigenvalue weighted by molar-refractivity contribution is 5.75. The molecule has 2 unspecified atom stereocenters. The van der Waals surface area contributed by atoms with Crippen molar-refractivity contribution in [1.82, 2.24) is 0 Å². The molecule has 0 bridgehead atoms. The van der Waals surface area contributed by atoms with E-state index >= 15 is 0 Å². The van der Waals surface area contributed by atoms with Crippen LogP contribution in [0.4, 0.5) is 0 Å². The number of hydrogen-bond acceptors (Lipinski definition) is 3. The summed E-state index contributed by atoms with van der Waals surface area (Å²) in [5, 5.41) is 0. The van der Waals surface area contributed by atoms with E-state index in [1.165, 1.54) is 16.7 Å². The van der Waals surface area contributed by atoms with Gasteiger partial charge in [0.15, 0.2) is 0 Å². The molecule has 1 aromatic carbocycles. The highest BCUT2D eigenvalue weighted by Gasteiger charge is 2.36. The zero-order valence-electron chi connectivity index (χ0n) is 10.6. The molecule has 2 atom stereocenters. The van der Waals surface area contributed by atoms with E-state index in [0.717, 1.165) is 5.56 Å². The number of rotatable bonds is 2. The van der Waals surface area contributed by atoms with Crippen LogP contribution in [0.25, 0.3) is 0 Å². The molecule has 17 heavy (non-hydrogen) atoms. The summed E-state index contributed by atoms with van der Waals surface area (Å²) in [7, 11) is 0. The van der Waals surface area contributed by atoms with E-state index in [1.54, 1.807) is 0 Å². The third-order valence-electron chi connectivity index (χ3n) is 3.58. The van der Waals surface area contributed by atoms with Crippen molar-refractivity contribution in [2.24, 2.45) is 11.7 Å². The maximum atomic E-state index is 11.8. The van der Waals surface area contributed by atoms with E-state index in [9.17, 15) is 4.79 Å². The second-order valence-electron chi connectivity index (χ2n) is 4.72. The molecule has 0 heterocycles. The third kappa shape index (κ3) is 2.07. The zero-order chi connectivity index (χ0) is 12.6. The highest BCUT2D eigenvalue weighted by atomic mass is 16.5. The Morgan fingerprint density at radius 1 is 1.41 bits per heavy atom. The van der Waals surface area contributed by atoms with Crippen LogP contribution in [0.15, 0.2) is 12.1 Å². The van der Waals surface area contributed by atoms with Crippen LogP contribution >= 0.6 is 0 Å². The monoisotopic (exact) mass is 233 g/mol. The Bertz CT molecular complexity index is 454. The van der Waals surface area contributed by atoms with Crippen molar-refractivity contribution in [1.29, 1.82) is 0 Å². The van der Waals surface area contributed by atoms with E-state index in [2.05, 4.69) is 26.0 Å². The fourth-order valence-electron chi connectivity index (χ4n) is 2.45. The molecule has 0 aliphatic heterocycles. The Labute approximate surface area is 102 Å². The van der Waals surface area contributed by atoms with Gasteiger partial charge in [0, 0.05) is 6.04 Å². The molecule has 2 rings (SSSR count). The van der Waals surface area contributed by atoms with E-state index < -0.39 is 0 Å². The van der Waals surface area contributed by atoms with Crippen molar-refractivity contribution in [3.8, 4) is 0 Å². The maximum Gasteiger partial charge on any atom is 0.311 e. The van der Waals surface area contributed by atoms with Crippen molar-refractivity contribution >= 4 is 5.97 Å². The van der Waals surface area contributed by atoms with Crippen LogP contribution in [-0.4, -0.2) is 12.6 Å². The molecule has 2 N–H and O–H groups in total. The first kappa shape index (κ1) is 12.1. The lowest BCUT2D eigenvalue weighted by atomic mass is 10.00. The lowest BCUT2D eigenvalue weighted by Crippen LogP contribution is -2.26. The molecule has 0 spiro atoms. The zero-order valence-corrected chi connectivity index (χ0v) is 10.6. The van der Waals surface area contributed by atoms with E-state index in [1.807, 2.05) is 6.92 Å². The Hall–Kier alpha value is -1.35. The molecule has 0 radical (unpaired) electrons. The van der Waals surface area contributed by atoms with E-state index in [4.69, 9.17) is 10.5 Å². The summed E-state index contributed by atoms with van der Waals surface area (Å²) in [6, 6.07) is 4.03. The SMILES string of the molecule is CCOC(=O)C1Cc2cc(C)c(C)cc2C1N. The van der Waals surface area contributed by atoms with Crippen LogP contribution in [0.3, 0.4) is 0 Å². The average molecular weight is 233 g/mol. The molecule has 1 aromatic rings. The van der Waals surface area contributed by atoms with Crippen molar-refractivity contribution in [2.45, 2.75) is 33.2 Å². The molecule has 0 saturated carbocycles. The molecule has 1 aliphatic carbocycles. The molecular formula is C14H19NO2. The molecule has 0 aromatic heterocycles. The molecule has 92 valence electrons. The van der Waals surface area contributed by atoms with Crippen LogP contribution < -0.4 is 5.73 Å². The first-order valence-electron chi connectivity index (χ1n) is 6.06. The lowest BCUT2D eigenvalue weighted by Gasteiger charge is -2.14. The van der Waals surface area contributed by atoms with Gasteiger partial charge in [-0.2, -0.15) is 0 Å². The van der Waals surface area contributed by atoms with Gasteiger partial charge in [0.2, 0.25) is 0 Å². The van der Waals surface area contributed by atoms with Gasteiger partial charge in [0.25, 0.3) is 0 Å². The molecule has 0 amide bonds. The summed E-state index contributed by atoms with van der Waals surface area (Å²) in [4.78, 5) is 11.8. The van der Waals surface area contributed by atoms with Crippen molar-refractivity contribution in [3.05, 3.63) is 34.4 Å². The predicted molar refractivity (Wildman–Crippen MR) is 66.7 cm³/mol. The van der Waals surface area contributed by atoms with E-state index in [0.29, 0.717) is 13.0 Å². The summed E-state index contributed by atoms with van der Waals surface area (Å²) in [6.07, 6.45) is 0.705. The summed E-state index contributed by atoms with van der Waals surface area (Å²) < 4.78 is 5.07. The third-order valence-corrected chi connectivity index (χ3v) is 3.58. The van der Waals surface area contributed by atoms with Crippen LogP contribution in [0.1, 0.15) is 35.2 Å². The molecular weight excluding hydrogens is 214 g/mol. The number of aryl methyl sites for hydroxylation is 2. The Morgan fingerprint density at radius 2 is 2.06 bits per heavy atom.